The lowest BCUT2D eigenvalue weighted by Crippen LogP contribution is -2.35. The van der Waals surface area contributed by atoms with Gasteiger partial charge in [-0.15, -0.1) is 0 Å². The van der Waals surface area contributed by atoms with Gasteiger partial charge in [0.15, 0.2) is 0 Å². The minimum absolute atomic E-state index is 0.0803. The molecule has 0 aliphatic heterocycles. The quantitative estimate of drug-likeness (QED) is 0.296. The normalized spacial score (nSPS) is 15.3. The Morgan fingerprint density at radius 3 is 2.68 bits per heavy atom. The van der Waals surface area contributed by atoms with Crippen LogP contribution in [0.3, 0.4) is 0 Å². The van der Waals surface area contributed by atoms with Gasteiger partial charge >= 0.3 is 0 Å². The first-order chi connectivity index (χ1) is 15.1. The molecule has 0 atom stereocenters. The zero-order valence-electron chi connectivity index (χ0n) is 18.0. The van der Waals surface area contributed by atoms with Gasteiger partial charge in [0.25, 0.3) is 5.91 Å². The van der Waals surface area contributed by atoms with Gasteiger partial charge in [-0.3, -0.25) is 9.59 Å². The smallest absolute Gasteiger partial charge is 0.262 e. The Hall–Kier alpha value is -3.11. The second-order valence-electron chi connectivity index (χ2n) is 7.90. The number of nitrogens with one attached hydrogen (secondary N) is 2. The van der Waals surface area contributed by atoms with Crippen molar-refractivity contribution in [3.05, 3.63) is 41.6 Å². The van der Waals surface area contributed by atoms with E-state index in [1.165, 1.54) is 12.8 Å². The van der Waals surface area contributed by atoms with Crippen LogP contribution in [0.4, 0.5) is 0 Å². The molecule has 31 heavy (non-hydrogen) atoms. The van der Waals surface area contributed by atoms with Gasteiger partial charge in [0.05, 0.1) is 6.61 Å². The minimum Gasteiger partial charge on any atom is -0.383 e. The number of methoxy groups -OCH3 is 1. The zero-order valence-corrected chi connectivity index (χ0v) is 18.0. The lowest BCUT2D eigenvalue weighted by molar-refractivity contribution is -0.121. The Morgan fingerprint density at radius 1 is 1.23 bits per heavy atom. The number of fused-ring (bicyclic) bond motifs is 1. The summed E-state index contributed by atoms with van der Waals surface area (Å²) in [5, 5.41) is 16.4. The van der Waals surface area contributed by atoms with Gasteiger partial charge in [-0.2, -0.15) is 5.26 Å². The third kappa shape index (κ3) is 6.19. The largest absolute Gasteiger partial charge is 0.383 e. The maximum Gasteiger partial charge on any atom is 0.262 e. The molecular formula is C24H30N4O3. The van der Waals surface area contributed by atoms with Gasteiger partial charge in [0.2, 0.25) is 5.91 Å². The number of hydrogen-bond acceptors (Lipinski definition) is 4. The molecule has 2 N–H and O–H groups in total. The molecule has 2 amide bonds. The fourth-order valence-electron chi connectivity index (χ4n) is 4.02. The van der Waals surface area contributed by atoms with E-state index in [0.717, 1.165) is 42.1 Å². The number of amides is 2. The van der Waals surface area contributed by atoms with Crippen LogP contribution in [-0.2, 0) is 20.9 Å². The highest BCUT2D eigenvalue weighted by Gasteiger charge is 2.18. The van der Waals surface area contributed by atoms with Crippen LogP contribution in [-0.4, -0.2) is 42.7 Å². The molecule has 1 fully saturated rings. The summed E-state index contributed by atoms with van der Waals surface area (Å²) in [4.78, 5) is 25.0. The van der Waals surface area contributed by atoms with E-state index in [2.05, 4.69) is 16.7 Å². The van der Waals surface area contributed by atoms with E-state index in [0.29, 0.717) is 13.2 Å². The van der Waals surface area contributed by atoms with E-state index in [-0.39, 0.29) is 30.0 Å². The molecule has 2 aromatic rings. The van der Waals surface area contributed by atoms with Crippen LogP contribution in [0.5, 0.6) is 0 Å². The summed E-state index contributed by atoms with van der Waals surface area (Å²) in [6, 6.07) is 9.84. The second kappa shape index (κ2) is 11.3. The Morgan fingerprint density at radius 2 is 1.97 bits per heavy atom. The summed E-state index contributed by atoms with van der Waals surface area (Å²) in [6.45, 7) is 1.04. The van der Waals surface area contributed by atoms with Crippen molar-refractivity contribution in [1.82, 2.24) is 15.2 Å². The summed E-state index contributed by atoms with van der Waals surface area (Å²) in [5.74, 6) is -0.455. The zero-order chi connectivity index (χ0) is 22.1. The molecule has 7 heteroatoms. The molecule has 0 bridgehead atoms. The van der Waals surface area contributed by atoms with Crippen molar-refractivity contribution in [2.45, 2.75) is 51.1 Å². The van der Waals surface area contributed by atoms with Crippen molar-refractivity contribution in [2.75, 3.05) is 20.3 Å². The highest BCUT2D eigenvalue weighted by molar-refractivity contribution is 6.04. The van der Waals surface area contributed by atoms with Crippen molar-refractivity contribution in [3.8, 4) is 6.07 Å². The Labute approximate surface area is 183 Å². The summed E-state index contributed by atoms with van der Waals surface area (Å²) < 4.78 is 6.79. The predicted octanol–water partition coefficient (Wildman–Crippen LogP) is 3.15. The standard InChI is InChI=1S/C24H30N4O3/c1-31-13-12-26-23(29)17-28-16-19(21-10-6-7-11-22(21)28)14-18(15-25)24(30)27-20-8-4-2-3-5-9-20/h6-7,10-11,14,16,20H,2-5,8-9,12-13,17H2,1H3,(H,26,29)(H,27,30). The third-order valence-electron chi connectivity index (χ3n) is 5.62. The van der Waals surface area contributed by atoms with E-state index >= 15 is 0 Å². The minimum atomic E-state index is -0.330. The third-order valence-corrected chi connectivity index (χ3v) is 5.62. The molecule has 1 aromatic heterocycles. The van der Waals surface area contributed by atoms with Crippen molar-refractivity contribution in [2.24, 2.45) is 0 Å². The molecular weight excluding hydrogens is 392 g/mol. The number of nitrogens with zero attached hydrogens (tertiary/aromatic N) is 2. The predicted molar refractivity (Wildman–Crippen MR) is 120 cm³/mol. The molecule has 164 valence electrons. The van der Waals surface area contributed by atoms with E-state index in [1.54, 1.807) is 13.2 Å². The van der Waals surface area contributed by atoms with Crippen LogP contribution < -0.4 is 10.6 Å². The number of rotatable bonds is 8. The average molecular weight is 423 g/mol. The second-order valence-corrected chi connectivity index (χ2v) is 7.90. The maximum absolute atomic E-state index is 12.7. The van der Waals surface area contributed by atoms with Crippen LogP contribution >= 0.6 is 0 Å². The number of hydrogen-bond donors (Lipinski definition) is 2. The first-order valence-electron chi connectivity index (χ1n) is 10.9. The lowest BCUT2D eigenvalue weighted by Gasteiger charge is -2.15. The van der Waals surface area contributed by atoms with Gasteiger partial charge in [-0.25, -0.2) is 0 Å². The first-order valence-corrected chi connectivity index (χ1v) is 10.9. The van der Waals surface area contributed by atoms with Crippen molar-refractivity contribution < 1.29 is 14.3 Å². The van der Waals surface area contributed by atoms with Crippen LogP contribution in [0.1, 0.15) is 44.1 Å². The van der Waals surface area contributed by atoms with Gasteiger partial charge in [0.1, 0.15) is 18.2 Å². The number of ether oxygens (including phenoxy) is 1. The Bertz CT molecular complexity index is 978. The number of benzene rings is 1. The van der Waals surface area contributed by atoms with Crippen LogP contribution in [0, 0.1) is 11.3 Å². The van der Waals surface area contributed by atoms with Crippen molar-refractivity contribution >= 4 is 28.8 Å². The van der Waals surface area contributed by atoms with E-state index < -0.39 is 0 Å². The number of carbonyl (C=O) groups is 2. The molecule has 1 heterocycles. The monoisotopic (exact) mass is 422 g/mol. The van der Waals surface area contributed by atoms with E-state index in [1.807, 2.05) is 35.0 Å². The van der Waals surface area contributed by atoms with Crippen molar-refractivity contribution in [3.63, 3.8) is 0 Å². The van der Waals surface area contributed by atoms with Gasteiger partial charge in [-0.05, 0) is 25.0 Å². The Kier molecular flexibility index (Phi) is 8.25. The summed E-state index contributed by atoms with van der Waals surface area (Å²) >= 11 is 0. The molecule has 0 radical (unpaired) electrons. The molecule has 1 aliphatic carbocycles. The summed E-state index contributed by atoms with van der Waals surface area (Å²) in [5.41, 5.74) is 1.70. The van der Waals surface area contributed by atoms with Gasteiger partial charge in [-0.1, -0.05) is 43.9 Å². The molecule has 1 aliphatic rings. The maximum atomic E-state index is 12.7. The average Bonchev–Trinajstić information content (AvgIpc) is 2.92. The lowest BCUT2D eigenvalue weighted by atomic mass is 10.1. The SMILES string of the molecule is COCCNC(=O)Cn1cc(C=C(C#N)C(=O)NC2CCCCCC2)c2ccccc21. The fraction of sp³-hybridized carbons (Fsp3) is 0.458. The van der Waals surface area contributed by atoms with E-state index in [9.17, 15) is 14.9 Å². The molecule has 1 aromatic carbocycles. The molecule has 0 unspecified atom stereocenters. The number of nitriles is 1. The van der Waals surface area contributed by atoms with Crippen LogP contribution in [0.25, 0.3) is 17.0 Å². The molecule has 0 spiro atoms. The highest BCUT2D eigenvalue weighted by Crippen LogP contribution is 2.24. The van der Waals surface area contributed by atoms with Gasteiger partial charge < -0.3 is 19.9 Å². The molecule has 3 rings (SSSR count). The molecule has 0 saturated heterocycles. The van der Waals surface area contributed by atoms with Crippen molar-refractivity contribution in [1.29, 1.82) is 5.26 Å². The molecule has 7 nitrogen and oxygen atoms in total. The summed E-state index contributed by atoms with van der Waals surface area (Å²) in [6.07, 6.45) is 9.97. The first kappa shape index (κ1) is 22.6. The highest BCUT2D eigenvalue weighted by atomic mass is 16.5. The topological polar surface area (TPSA) is 96.2 Å². The van der Waals surface area contributed by atoms with Crippen LogP contribution in [0.15, 0.2) is 36.0 Å². The molecule has 1 saturated carbocycles. The number of aromatic nitrogens is 1. The Balaban J connectivity index is 1.80. The fourth-order valence-corrected chi connectivity index (χ4v) is 4.02. The summed E-state index contributed by atoms with van der Waals surface area (Å²) in [7, 11) is 1.59. The van der Waals surface area contributed by atoms with E-state index in [4.69, 9.17) is 4.74 Å². The van der Waals surface area contributed by atoms with Gasteiger partial charge in [0, 0.05) is 42.4 Å². The van der Waals surface area contributed by atoms with Crippen LogP contribution in [0.2, 0.25) is 0 Å². The number of para-hydroxylation sites is 1. The number of carbonyl (C=O) groups excluding carboxylic acids is 2.